The summed E-state index contributed by atoms with van der Waals surface area (Å²) in [4.78, 5) is 1.06. The van der Waals surface area contributed by atoms with E-state index in [1.54, 1.807) is 42.1 Å². The Bertz CT molecular complexity index is 632. The van der Waals surface area contributed by atoms with Gasteiger partial charge in [-0.3, -0.25) is 5.41 Å². The van der Waals surface area contributed by atoms with Crippen molar-refractivity contribution in [3.63, 3.8) is 0 Å². The number of nitrogens with two attached hydrogens (primary N) is 1. The number of hydrogen-bond donors (Lipinski definition) is 2. The highest BCUT2D eigenvalue weighted by Gasteiger charge is 2.01. The third kappa shape index (κ3) is 4.84. The van der Waals surface area contributed by atoms with Gasteiger partial charge in [0.05, 0.1) is 16.7 Å². The standard InChI is InChI=1S/C15H14Cl2N2OS/c16-13-6-5-12(9-14(13)17)21-8-7-20-11-3-1-10(2-4-11)15(18)19/h1-6,9H,7-8H2,(H3,18,19). The van der Waals surface area contributed by atoms with Crippen LogP contribution in [-0.2, 0) is 0 Å². The zero-order valence-corrected chi connectivity index (χ0v) is 13.4. The molecule has 21 heavy (non-hydrogen) atoms. The number of thioether (sulfide) groups is 1. The third-order valence-electron chi connectivity index (χ3n) is 2.68. The van der Waals surface area contributed by atoms with Gasteiger partial charge < -0.3 is 10.5 Å². The van der Waals surface area contributed by atoms with E-state index in [1.165, 1.54) is 0 Å². The zero-order valence-electron chi connectivity index (χ0n) is 11.1. The van der Waals surface area contributed by atoms with Crippen LogP contribution in [0.2, 0.25) is 10.0 Å². The highest BCUT2D eigenvalue weighted by molar-refractivity contribution is 7.99. The van der Waals surface area contributed by atoms with Gasteiger partial charge in [-0.25, -0.2) is 0 Å². The SMILES string of the molecule is N=C(N)c1ccc(OCCSc2ccc(Cl)c(Cl)c2)cc1. The molecule has 0 spiro atoms. The molecule has 0 saturated carbocycles. The van der Waals surface area contributed by atoms with Crippen LogP contribution in [0.15, 0.2) is 47.4 Å². The second-order valence-corrected chi connectivity index (χ2v) is 6.19. The topological polar surface area (TPSA) is 59.1 Å². The van der Waals surface area contributed by atoms with Gasteiger partial charge in [-0.2, -0.15) is 0 Å². The second kappa shape index (κ2) is 7.59. The van der Waals surface area contributed by atoms with Gasteiger partial charge in [0.25, 0.3) is 0 Å². The molecule has 3 nitrogen and oxygen atoms in total. The third-order valence-corrected chi connectivity index (χ3v) is 4.37. The van der Waals surface area contributed by atoms with Crippen LogP contribution in [0.3, 0.4) is 0 Å². The number of ether oxygens (including phenoxy) is 1. The summed E-state index contributed by atoms with van der Waals surface area (Å²) in [7, 11) is 0. The highest BCUT2D eigenvalue weighted by atomic mass is 35.5. The van der Waals surface area contributed by atoms with Crippen molar-refractivity contribution in [2.75, 3.05) is 12.4 Å². The monoisotopic (exact) mass is 340 g/mol. The molecule has 2 aromatic rings. The lowest BCUT2D eigenvalue weighted by molar-refractivity contribution is 0.344. The first-order chi connectivity index (χ1) is 10.1. The number of hydrogen-bond acceptors (Lipinski definition) is 3. The van der Waals surface area contributed by atoms with Crippen LogP contribution in [0.4, 0.5) is 0 Å². The molecular formula is C15H14Cl2N2OS. The number of amidine groups is 1. The predicted octanol–water partition coefficient (Wildman–Crippen LogP) is 4.45. The first kappa shape index (κ1) is 16.0. The van der Waals surface area contributed by atoms with Crippen LogP contribution < -0.4 is 10.5 Å². The molecule has 0 atom stereocenters. The maximum Gasteiger partial charge on any atom is 0.122 e. The number of nitrogen functional groups attached to an aromatic ring is 1. The largest absolute Gasteiger partial charge is 0.493 e. The molecule has 0 heterocycles. The van der Waals surface area contributed by atoms with E-state index in [-0.39, 0.29) is 5.84 Å². The smallest absolute Gasteiger partial charge is 0.122 e. The van der Waals surface area contributed by atoms with Gasteiger partial charge in [0.15, 0.2) is 0 Å². The van der Waals surface area contributed by atoms with Crippen LogP contribution in [0.25, 0.3) is 0 Å². The molecule has 0 radical (unpaired) electrons. The fourth-order valence-electron chi connectivity index (χ4n) is 1.62. The van der Waals surface area contributed by atoms with E-state index in [2.05, 4.69) is 0 Å². The van der Waals surface area contributed by atoms with Crippen molar-refractivity contribution in [1.29, 1.82) is 5.41 Å². The molecule has 0 fully saturated rings. The summed E-state index contributed by atoms with van der Waals surface area (Å²) in [6.45, 7) is 0.574. The van der Waals surface area contributed by atoms with Crippen molar-refractivity contribution in [2.45, 2.75) is 4.90 Å². The van der Waals surface area contributed by atoms with E-state index in [9.17, 15) is 0 Å². The van der Waals surface area contributed by atoms with Gasteiger partial charge in [0.2, 0.25) is 0 Å². The lowest BCUT2D eigenvalue weighted by atomic mass is 10.2. The van der Waals surface area contributed by atoms with E-state index in [0.29, 0.717) is 22.2 Å². The summed E-state index contributed by atoms with van der Waals surface area (Å²) in [6, 6.07) is 12.7. The first-order valence-corrected chi connectivity index (χ1v) is 7.95. The number of rotatable bonds is 6. The Kier molecular flexibility index (Phi) is 5.79. The van der Waals surface area contributed by atoms with Crippen molar-refractivity contribution in [2.24, 2.45) is 5.73 Å². The van der Waals surface area contributed by atoms with Crippen molar-refractivity contribution in [3.05, 3.63) is 58.1 Å². The number of nitrogens with one attached hydrogen (secondary N) is 1. The molecular weight excluding hydrogens is 327 g/mol. The van der Waals surface area contributed by atoms with E-state index < -0.39 is 0 Å². The van der Waals surface area contributed by atoms with E-state index >= 15 is 0 Å². The molecule has 0 aliphatic heterocycles. The Hall–Kier alpha value is -1.36. The molecule has 110 valence electrons. The molecule has 3 N–H and O–H groups in total. The van der Waals surface area contributed by atoms with Gasteiger partial charge in [-0.1, -0.05) is 23.2 Å². The van der Waals surface area contributed by atoms with Crippen molar-refractivity contribution < 1.29 is 4.74 Å². The fourth-order valence-corrected chi connectivity index (χ4v) is 2.75. The maximum absolute atomic E-state index is 7.31. The summed E-state index contributed by atoms with van der Waals surface area (Å²) in [6.07, 6.45) is 0. The van der Waals surface area contributed by atoms with Crippen molar-refractivity contribution >= 4 is 40.8 Å². The van der Waals surface area contributed by atoms with Gasteiger partial charge >= 0.3 is 0 Å². The van der Waals surface area contributed by atoms with Crippen LogP contribution in [0, 0.1) is 5.41 Å². The predicted molar refractivity (Wildman–Crippen MR) is 90.1 cm³/mol. The number of halogens is 2. The van der Waals surface area contributed by atoms with Crippen LogP contribution >= 0.6 is 35.0 Å². The molecule has 0 aliphatic rings. The Morgan fingerprint density at radius 1 is 1.10 bits per heavy atom. The van der Waals surface area contributed by atoms with E-state index in [1.807, 2.05) is 12.1 Å². The van der Waals surface area contributed by atoms with Crippen LogP contribution in [-0.4, -0.2) is 18.2 Å². The summed E-state index contributed by atoms with van der Waals surface area (Å²) in [5.41, 5.74) is 6.08. The quantitative estimate of drug-likeness (QED) is 0.353. The molecule has 0 bridgehead atoms. The lowest BCUT2D eigenvalue weighted by Crippen LogP contribution is -2.10. The average molecular weight is 341 g/mol. The van der Waals surface area contributed by atoms with Crippen LogP contribution in [0.5, 0.6) is 5.75 Å². The molecule has 2 rings (SSSR count). The minimum atomic E-state index is 0.0525. The Morgan fingerprint density at radius 2 is 1.81 bits per heavy atom. The van der Waals surface area contributed by atoms with Gasteiger partial charge in [-0.05, 0) is 42.5 Å². The minimum absolute atomic E-state index is 0.0525. The normalized spacial score (nSPS) is 10.4. The molecule has 0 saturated heterocycles. The fraction of sp³-hybridized carbons (Fsp3) is 0.133. The highest BCUT2D eigenvalue weighted by Crippen LogP contribution is 2.27. The molecule has 0 aliphatic carbocycles. The summed E-state index contributed by atoms with van der Waals surface area (Å²) in [5.74, 6) is 1.61. The minimum Gasteiger partial charge on any atom is -0.493 e. The Morgan fingerprint density at radius 3 is 2.43 bits per heavy atom. The summed E-state index contributed by atoms with van der Waals surface area (Å²) in [5, 5.41) is 8.43. The van der Waals surface area contributed by atoms with E-state index in [0.717, 1.165) is 16.4 Å². The van der Waals surface area contributed by atoms with Crippen molar-refractivity contribution in [1.82, 2.24) is 0 Å². The van der Waals surface area contributed by atoms with Crippen molar-refractivity contribution in [3.8, 4) is 5.75 Å². The summed E-state index contributed by atoms with van der Waals surface area (Å²) < 4.78 is 5.63. The molecule has 0 unspecified atom stereocenters. The Labute approximate surface area is 137 Å². The molecule has 0 aromatic heterocycles. The summed E-state index contributed by atoms with van der Waals surface area (Å²) >= 11 is 13.5. The lowest BCUT2D eigenvalue weighted by Gasteiger charge is -2.07. The molecule has 2 aromatic carbocycles. The Balaban J connectivity index is 1.79. The first-order valence-electron chi connectivity index (χ1n) is 6.21. The molecule has 0 amide bonds. The zero-order chi connectivity index (χ0) is 15.2. The van der Waals surface area contributed by atoms with Gasteiger partial charge in [0.1, 0.15) is 11.6 Å². The average Bonchev–Trinajstić information content (AvgIpc) is 2.47. The molecule has 6 heteroatoms. The van der Waals surface area contributed by atoms with E-state index in [4.69, 9.17) is 39.1 Å². The van der Waals surface area contributed by atoms with Crippen LogP contribution in [0.1, 0.15) is 5.56 Å². The number of benzene rings is 2. The second-order valence-electron chi connectivity index (χ2n) is 4.21. The maximum atomic E-state index is 7.31. The van der Waals surface area contributed by atoms with Gasteiger partial charge in [0, 0.05) is 16.2 Å². The van der Waals surface area contributed by atoms with Gasteiger partial charge in [-0.15, -0.1) is 11.8 Å².